The molecule has 0 radical (unpaired) electrons. The Morgan fingerprint density at radius 1 is 0.968 bits per heavy atom. The smallest absolute Gasteiger partial charge is 0.258 e. The maximum Gasteiger partial charge on any atom is 0.258 e. The summed E-state index contributed by atoms with van der Waals surface area (Å²) in [6.45, 7) is 1.82. The second-order valence-electron chi connectivity index (χ2n) is 6.36. The van der Waals surface area contributed by atoms with Gasteiger partial charge in [0, 0.05) is 11.4 Å². The van der Waals surface area contributed by atoms with Crippen LogP contribution in [0.1, 0.15) is 21.5 Å². The summed E-state index contributed by atoms with van der Waals surface area (Å²) >= 11 is 24.2. The van der Waals surface area contributed by atoms with Crippen molar-refractivity contribution in [3.8, 4) is 6.07 Å². The molecule has 0 spiro atoms. The van der Waals surface area contributed by atoms with Crippen molar-refractivity contribution in [2.75, 3.05) is 11.1 Å². The minimum atomic E-state index is -0.655. The number of carbonyl (C=O) groups is 1. The van der Waals surface area contributed by atoms with E-state index >= 15 is 0 Å². The first-order chi connectivity index (χ1) is 14.7. The fraction of sp³-hybridized carbons (Fsp3) is 0.0476. The van der Waals surface area contributed by atoms with Gasteiger partial charge < -0.3 is 11.1 Å². The first kappa shape index (κ1) is 22.9. The Morgan fingerprint density at radius 3 is 2.23 bits per heavy atom. The number of nitrogens with two attached hydrogens (primary N) is 1. The molecular weight excluding hydrogens is 480 g/mol. The average molecular weight is 493 g/mol. The Labute approximate surface area is 198 Å². The molecule has 0 aliphatic carbocycles. The number of hydrogen-bond donors (Lipinski definition) is 2. The van der Waals surface area contributed by atoms with Crippen molar-refractivity contribution in [1.82, 2.24) is 0 Å². The van der Waals surface area contributed by atoms with Gasteiger partial charge in [-0.1, -0.05) is 46.4 Å². The number of halogens is 4. The Hall–Kier alpha value is -2.82. The van der Waals surface area contributed by atoms with Gasteiger partial charge >= 0.3 is 0 Å². The van der Waals surface area contributed by atoms with Gasteiger partial charge in [-0.3, -0.25) is 4.79 Å². The van der Waals surface area contributed by atoms with Crippen molar-refractivity contribution in [1.29, 1.82) is 5.26 Å². The standard InChI is InChI=1S/C21H13Cl4N5O/c1-10-8-13(6-7-15(10)30-29-12-4-2-11(27)3-5-12)28-21(31)16-14(9-26)17(22)19(24)20(25)18(16)23/h2-8H,27H2,1H3,(H,28,31). The van der Waals surface area contributed by atoms with Gasteiger partial charge in [-0.15, -0.1) is 0 Å². The molecule has 0 saturated carbocycles. The van der Waals surface area contributed by atoms with Crippen LogP contribution in [0.4, 0.5) is 22.7 Å². The topological polar surface area (TPSA) is 104 Å². The minimum Gasteiger partial charge on any atom is -0.399 e. The highest BCUT2D eigenvalue weighted by Gasteiger charge is 2.25. The normalized spacial score (nSPS) is 10.8. The lowest BCUT2D eigenvalue weighted by molar-refractivity contribution is 0.102. The molecule has 0 heterocycles. The SMILES string of the molecule is Cc1cc(NC(=O)c2c(Cl)c(Cl)c(Cl)c(Cl)c2C#N)ccc1N=Nc1ccc(N)cc1. The number of nitrogen functional groups attached to an aromatic ring is 1. The van der Waals surface area contributed by atoms with Crippen LogP contribution in [-0.2, 0) is 0 Å². The molecular formula is C21H13Cl4N5O. The lowest BCUT2D eigenvalue weighted by Crippen LogP contribution is -2.15. The van der Waals surface area contributed by atoms with Crippen LogP contribution in [0, 0.1) is 18.3 Å². The van der Waals surface area contributed by atoms with Gasteiger partial charge in [0.05, 0.1) is 42.6 Å². The number of nitrogens with one attached hydrogen (secondary N) is 1. The number of benzene rings is 3. The molecule has 10 heteroatoms. The summed E-state index contributed by atoms with van der Waals surface area (Å²) in [6.07, 6.45) is 0. The molecule has 0 aromatic heterocycles. The van der Waals surface area contributed by atoms with Crippen LogP contribution >= 0.6 is 46.4 Å². The van der Waals surface area contributed by atoms with E-state index in [1.165, 1.54) is 0 Å². The Balaban J connectivity index is 1.86. The molecule has 6 nitrogen and oxygen atoms in total. The summed E-state index contributed by atoms with van der Waals surface area (Å²) in [4.78, 5) is 12.8. The summed E-state index contributed by atoms with van der Waals surface area (Å²) in [5, 5.41) is 20.0. The van der Waals surface area contributed by atoms with Crippen molar-refractivity contribution < 1.29 is 4.79 Å². The second kappa shape index (κ2) is 9.54. The number of aryl methyl sites for hydroxylation is 1. The second-order valence-corrected chi connectivity index (χ2v) is 7.88. The molecule has 3 aromatic rings. The molecule has 31 heavy (non-hydrogen) atoms. The van der Waals surface area contributed by atoms with E-state index in [0.717, 1.165) is 5.56 Å². The molecule has 0 fully saturated rings. The van der Waals surface area contributed by atoms with Crippen LogP contribution in [0.15, 0.2) is 52.7 Å². The van der Waals surface area contributed by atoms with Crippen molar-refractivity contribution in [3.63, 3.8) is 0 Å². The number of rotatable bonds is 4. The first-order valence-electron chi connectivity index (χ1n) is 8.68. The lowest BCUT2D eigenvalue weighted by atomic mass is 10.1. The predicted molar refractivity (Wildman–Crippen MR) is 125 cm³/mol. The third kappa shape index (κ3) is 4.92. The Morgan fingerprint density at radius 2 is 1.61 bits per heavy atom. The number of carbonyl (C=O) groups excluding carboxylic acids is 1. The highest BCUT2D eigenvalue weighted by molar-refractivity contribution is 6.53. The van der Waals surface area contributed by atoms with E-state index in [2.05, 4.69) is 15.5 Å². The highest BCUT2D eigenvalue weighted by atomic mass is 35.5. The van der Waals surface area contributed by atoms with Crippen LogP contribution in [0.25, 0.3) is 0 Å². The first-order valence-corrected chi connectivity index (χ1v) is 10.2. The number of anilines is 2. The van der Waals surface area contributed by atoms with Gasteiger partial charge in [-0.2, -0.15) is 15.5 Å². The third-order valence-corrected chi connectivity index (χ3v) is 6.03. The largest absolute Gasteiger partial charge is 0.399 e. The fourth-order valence-corrected chi connectivity index (χ4v) is 3.62. The number of nitriles is 1. The fourth-order valence-electron chi connectivity index (χ4n) is 2.64. The summed E-state index contributed by atoms with van der Waals surface area (Å²) in [6, 6.07) is 13.8. The summed E-state index contributed by atoms with van der Waals surface area (Å²) in [7, 11) is 0. The zero-order chi connectivity index (χ0) is 22.7. The van der Waals surface area contributed by atoms with E-state index in [9.17, 15) is 10.1 Å². The van der Waals surface area contributed by atoms with Gasteiger partial charge in [-0.05, 0) is 55.0 Å². The van der Waals surface area contributed by atoms with Gasteiger partial charge in [0.1, 0.15) is 6.07 Å². The molecule has 0 aliphatic heterocycles. The molecule has 0 aliphatic rings. The summed E-state index contributed by atoms with van der Waals surface area (Å²) < 4.78 is 0. The molecule has 0 unspecified atom stereocenters. The van der Waals surface area contributed by atoms with Crippen LogP contribution in [0.3, 0.4) is 0 Å². The van der Waals surface area contributed by atoms with Crippen molar-refractivity contribution in [3.05, 3.63) is 79.2 Å². The summed E-state index contributed by atoms with van der Waals surface area (Å²) in [5.74, 6) is -0.655. The zero-order valence-electron chi connectivity index (χ0n) is 15.9. The van der Waals surface area contributed by atoms with Crippen LogP contribution in [0.5, 0.6) is 0 Å². The average Bonchev–Trinajstić information content (AvgIpc) is 2.75. The van der Waals surface area contributed by atoms with E-state index in [0.29, 0.717) is 22.7 Å². The monoisotopic (exact) mass is 491 g/mol. The van der Waals surface area contributed by atoms with Crippen LogP contribution < -0.4 is 11.1 Å². The maximum absolute atomic E-state index is 12.8. The molecule has 3 rings (SSSR count). The van der Waals surface area contributed by atoms with Gasteiger partial charge in [-0.25, -0.2) is 0 Å². The van der Waals surface area contributed by atoms with Crippen molar-refractivity contribution >= 4 is 75.1 Å². The quantitative estimate of drug-likeness (QED) is 0.168. The number of nitrogens with zero attached hydrogens (tertiary/aromatic N) is 3. The van der Waals surface area contributed by atoms with Crippen LogP contribution in [0.2, 0.25) is 20.1 Å². The van der Waals surface area contributed by atoms with Crippen molar-refractivity contribution in [2.24, 2.45) is 10.2 Å². The molecule has 3 N–H and O–H groups in total. The van der Waals surface area contributed by atoms with E-state index in [1.54, 1.807) is 42.5 Å². The number of azo groups is 1. The Bertz CT molecular complexity index is 1250. The van der Waals surface area contributed by atoms with Crippen molar-refractivity contribution in [2.45, 2.75) is 6.92 Å². The van der Waals surface area contributed by atoms with Gasteiger partial charge in [0.2, 0.25) is 0 Å². The number of hydrogen-bond acceptors (Lipinski definition) is 5. The highest BCUT2D eigenvalue weighted by Crippen LogP contribution is 2.41. The lowest BCUT2D eigenvalue weighted by Gasteiger charge is -2.13. The predicted octanol–water partition coefficient (Wildman–Crippen LogP) is 7.73. The van der Waals surface area contributed by atoms with E-state index in [1.807, 2.05) is 13.0 Å². The van der Waals surface area contributed by atoms with E-state index < -0.39 is 5.91 Å². The van der Waals surface area contributed by atoms with Gasteiger partial charge in [0.25, 0.3) is 5.91 Å². The maximum atomic E-state index is 12.8. The zero-order valence-corrected chi connectivity index (χ0v) is 18.9. The number of amides is 1. The molecule has 156 valence electrons. The van der Waals surface area contributed by atoms with Gasteiger partial charge in [0.15, 0.2) is 0 Å². The van der Waals surface area contributed by atoms with E-state index in [-0.39, 0.29) is 31.2 Å². The Kier molecular flexibility index (Phi) is 7.04. The summed E-state index contributed by atoms with van der Waals surface area (Å²) in [5.41, 5.74) is 8.45. The molecule has 0 saturated heterocycles. The third-order valence-electron chi connectivity index (χ3n) is 4.23. The van der Waals surface area contributed by atoms with E-state index in [4.69, 9.17) is 52.1 Å². The van der Waals surface area contributed by atoms with Crippen LogP contribution in [-0.4, -0.2) is 5.91 Å². The molecule has 0 bridgehead atoms. The minimum absolute atomic E-state index is 0.0897. The molecule has 0 atom stereocenters. The molecule has 1 amide bonds. The molecule has 3 aromatic carbocycles.